The zero-order valence-electron chi connectivity index (χ0n) is 14.9. The minimum absolute atomic E-state index is 0.00192. The smallest absolute Gasteiger partial charge is 0.237 e. The van der Waals surface area contributed by atoms with Gasteiger partial charge in [-0.1, -0.05) is 6.42 Å². The number of rotatable bonds is 5. The molecular formula is C18H27N5O2. The van der Waals surface area contributed by atoms with Crippen LogP contribution in [-0.2, 0) is 16.1 Å². The molecule has 2 aliphatic heterocycles. The van der Waals surface area contributed by atoms with Gasteiger partial charge in [-0.15, -0.1) is 0 Å². The van der Waals surface area contributed by atoms with E-state index in [0.717, 1.165) is 43.9 Å². The van der Waals surface area contributed by atoms with Gasteiger partial charge in [-0.05, 0) is 38.8 Å². The van der Waals surface area contributed by atoms with Crippen molar-refractivity contribution < 1.29 is 9.59 Å². The molecule has 2 amide bonds. The van der Waals surface area contributed by atoms with E-state index in [1.807, 2.05) is 4.90 Å². The molecule has 2 saturated heterocycles. The number of aromatic nitrogens is 2. The van der Waals surface area contributed by atoms with Gasteiger partial charge in [-0.2, -0.15) is 0 Å². The minimum Gasteiger partial charge on any atom is -0.351 e. The topological polar surface area (TPSA) is 78.4 Å². The molecule has 0 spiro atoms. The largest absolute Gasteiger partial charge is 0.351 e. The monoisotopic (exact) mass is 345 g/mol. The molecule has 1 aromatic rings. The van der Waals surface area contributed by atoms with Gasteiger partial charge >= 0.3 is 0 Å². The zero-order chi connectivity index (χ0) is 17.6. The van der Waals surface area contributed by atoms with Crippen LogP contribution in [0.15, 0.2) is 12.4 Å². The van der Waals surface area contributed by atoms with E-state index >= 15 is 0 Å². The quantitative estimate of drug-likeness (QED) is 0.869. The SMILES string of the molecule is CC(=O)NCc1cncc([C@H]2CCCN2C(=O)CN2CCCCC2)n1. The van der Waals surface area contributed by atoms with Crippen molar-refractivity contribution in [1.82, 2.24) is 25.1 Å². The fourth-order valence-corrected chi connectivity index (χ4v) is 3.66. The number of amides is 2. The molecule has 7 nitrogen and oxygen atoms in total. The van der Waals surface area contributed by atoms with Crippen LogP contribution in [0.25, 0.3) is 0 Å². The molecule has 2 aliphatic rings. The molecular weight excluding hydrogens is 318 g/mol. The number of piperidine rings is 1. The van der Waals surface area contributed by atoms with E-state index < -0.39 is 0 Å². The van der Waals surface area contributed by atoms with Crippen LogP contribution in [0.5, 0.6) is 0 Å². The summed E-state index contributed by atoms with van der Waals surface area (Å²) in [6.07, 6.45) is 8.97. The summed E-state index contributed by atoms with van der Waals surface area (Å²) in [6, 6.07) is 0.00192. The lowest BCUT2D eigenvalue weighted by molar-refractivity contribution is -0.133. The van der Waals surface area contributed by atoms with Gasteiger partial charge in [0.1, 0.15) is 0 Å². The third-order valence-electron chi connectivity index (χ3n) is 4.94. The molecule has 1 aromatic heterocycles. The first-order chi connectivity index (χ1) is 12.1. The van der Waals surface area contributed by atoms with Gasteiger partial charge in [0.05, 0.1) is 42.9 Å². The first-order valence-corrected chi connectivity index (χ1v) is 9.20. The summed E-state index contributed by atoms with van der Waals surface area (Å²) in [5.74, 6) is 0.102. The van der Waals surface area contributed by atoms with E-state index in [0.29, 0.717) is 13.1 Å². The molecule has 136 valence electrons. The number of nitrogens with zero attached hydrogens (tertiary/aromatic N) is 4. The summed E-state index contributed by atoms with van der Waals surface area (Å²) < 4.78 is 0. The Morgan fingerprint density at radius 3 is 2.72 bits per heavy atom. The Kier molecular flexibility index (Phi) is 5.96. The lowest BCUT2D eigenvalue weighted by Gasteiger charge is -2.30. The maximum atomic E-state index is 12.8. The second kappa shape index (κ2) is 8.38. The summed E-state index contributed by atoms with van der Waals surface area (Å²) in [7, 11) is 0. The van der Waals surface area contributed by atoms with Crippen molar-refractivity contribution in [2.45, 2.75) is 51.6 Å². The molecule has 0 radical (unpaired) electrons. The van der Waals surface area contributed by atoms with Crippen LogP contribution in [0.2, 0.25) is 0 Å². The van der Waals surface area contributed by atoms with Crippen LogP contribution >= 0.6 is 0 Å². The van der Waals surface area contributed by atoms with E-state index in [2.05, 4.69) is 20.2 Å². The van der Waals surface area contributed by atoms with Gasteiger partial charge in [0.2, 0.25) is 11.8 Å². The highest BCUT2D eigenvalue weighted by Gasteiger charge is 2.32. The van der Waals surface area contributed by atoms with Gasteiger partial charge in [0, 0.05) is 13.5 Å². The second-order valence-corrected chi connectivity index (χ2v) is 6.93. The zero-order valence-corrected chi connectivity index (χ0v) is 14.9. The highest BCUT2D eigenvalue weighted by molar-refractivity contribution is 5.79. The number of hydrogen-bond acceptors (Lipinski definition) is 5. The first kappa shape index (κ1) is 17.8. The van der Waals surface area contributed by atoms with Gasteiger partial charge in [-0.25, -0.2) is 0 Å². The predicted octanol–water partition coefficient (Wildman–Crippen LogP) is 1.26. The fraction of sp³-hybridized carbons (Fsp3) is 0.667. The molecule has 3 heterocycles. The number of carbonyl (C=O) groups is 2. The molecule has 1 N–H and O–H groups in total. The van der Waals surface area contributed by atoms with Crippen molar-refractivity contribution in [3.63, 3.8) is 0 Å². The average Bonchev–Trinajstić information content (AvgIpc) is 3.11. The van der Waals surface area contributed by atoms with Gasteiger partial charge in [-0.3, -0.25) is 24.5 Å². The molecule has 7 heteroatoms. The van der Waals surface area contributed by atoms with Crippen LogP contribution in [0.3, 0.4) is 0 Å². The predicted molar refractivity (Wildman–Crippen MR) is 93.5 cm³/mol. The third-order valence-corrected chi connectivity index (χ3v) is 4.94. The van der Waals surface area contributed by atoms with E-state index in [9.17, 15) is 9.59 Å². The second-order valence-electron chi connectivity index (χ2n) is 6.93. The highest BCUT2D eigenvalue weighted by Crippen LogP contribution is 2.30. The van der Waals surface area contributed by atoms with Crippen molar-refractivity contribution in [2.24, 2.45) is 0 Å². The molecule has 0 aromatic carbocycles. The maximum absolute atomic E-state index is 12.8. The number of hydrogen-bond donors (Lipinski definition) is 1. The number of likely N-dealkylation sites (tertiary alicyclic amines) is 2. The molecule has 0 aliphatic carbocycles. The lowest BCUT2D eigenvalue weighted by Crippen LogP contribution is -2.42. The standard InChI is InChI=1S/C18H27N5O2/c1-14(24)20-11-15-10-19-12-16(21-15)17-6-5-9-23(17)18(25)13-22-7-3-2-4-8-22/h10,12,17H,2-9,11,13H2,1H3,(H,20,24)/t17-/m1/s1. The Labute approximate surface area is 148 Å². The molecule has 2 fully saturated rings. The maximum Gasteiger partial charge on any atom is 0.237 e. The van der Waals surface area contributed by atoms with Crippen LogP contribution in [0.1, 0.15) is 56.5 Å². The Morgan fingerprint density at radius 1 is 1.16 bits per heavy atom. The van der Waals surface area contributed by atoms with Crippen LogP contribution in [0, 0.1) is 0 Å². The summed E-state index contributed by atoms with van der Waals surface area (Å²) in [5.41, 5.74) is 1.55. The highest BCUT2D eigenvalue weighted by atomic mass is 16.2. The van der Waals surface area contributed by atoms with Crippen molar-refractivity contribution >= 4 is 11.8 Å². The minimum atomic E-state index is -0.0913. The molecule has 0 bridgehead atoms. The Hall–Kier alpha value is -2.02. The van der Waals surface area contributed by atoms with E-state index in [-0.39, 0.29) is 17.9 Å². The molecule has 3 rings (SSSR count). The van der Waals surface area contributed by atoms with Gasteiger partial charge in [0.15, 0.2) is 0 Å². The Bertz CT molecular complexity index is 615. The molecule has 0 unspecified atom stereocenters. The average molecular weight is 345 g/mol. The normalized spacial score (nSPS) is 21.3. The summed E-state index contributed by atoms with van der Waals surface area (Å²) in [6.45, 7) is 5.19. The molecule has 0 saturated carbocycles. The Morgan fingerprint density at radius 2 is 1.96 bits per heavy atom. The third kappa shape index (κ3) is 4.75. The van der Waals surface area contributed by atoms with E-state index in [1.54, 1.807) is 12.4 Å². The number of nitrogens with one attached hydrogen (secondary N) is 1. The summed E-state index contributed by atoms with van der Waals surface area (Å²) >= 11 is 0. The summed E-state index contributed by atoms with van der Waals surface area (Å²) in [5, 5.41) is 2.74. The molecule has 25 heavy (non-hydrogen) atoms. The van der Waals surface area contributed by atoms with E-state index in [4.69, 9.17) is 0 Å². The van der Waals surface area contributed by atoms with Crippen LogP contribution in [-0.4, -0.2) is 57.8 Å². The lowest BCUT2D eigenvalue weighted by atomic mass is 10.1. The van der Waals surface area contributed by atoms with Gasteiger partial charge < -0.3 is 10.2 Å². The molecule has 1 atom stereocenters. The van der Waals surface area contributed by atoms with E-state index in [1.165, 1.54) is 26.2 Å². The van der Waals surface area contributed by atoms with Crippen LogP contribution < -0.4 is 5.32 Å². The Balaban J connectivity index is 1.65. The summed E-state index contributed by atoms with van der Waals surface area (Å²) in [4.78, 5) is 36.9. The van der Waals surface area contributed by atoms with Crippen LogP contribution in [0.4, 0.5) is 0 Å². The van der Waals surface area contributed by atoms with Crippen molar-refractivity contribution in [2.75, 3.05) is 26.2 Å². The van der Waals surface area contributed by atoms with Crippen molar-refractivity contribution in [3.8, 4) is 0 Å². The first-order valence-electron chi connectivity index (χ1n) is 9.20. The van der Waals surface area contributed by atoms with Gasteiger partial charge in [0.25, 0.3) is 0 Å². The van der Waals surface area contributed by atoms with Crippen molar-refractivity contribution in [3.05, 3.63) is 23.8 Å². The van der Waals surface area contributed by atoms with Crippen molar-refractivity contribution in [1.29, 1.82) is 0 Å². The number of carbonyl (C=O) groups excluding carboxylic acids is 2. The fourth-order valence-electron chi connectivity index (χ4n) is 3.66.